The standard InChI is InChI=1S/C18H19F3N2O3/c1-15(2)16(3)8-9-17(15,13(24)12(16)23-26)14(25)22-11-7-5-4-6-10(11)18(19,20)21/h4-7,26H,8-9H2,1-3H3,(H,22,25). The zero-order chi connectivity index (χ0) is 19.5. The van der Waals surface area contributed by atoms with Crippen molar-refractivity contribution in [3.63, 3.8) is 0 Å². The van der Waals surface area contributed by atoms with E-state index < -0.39 is 45.4 Å². The lowest BCUT2D eigenvalue weighted by molar-refractivity contribution is -0.140. The fraction of sp³-hybridized carbons (Fsp3) is 0.500. The number of carbonyl (C=O) groups excluding carboxylic acids is 2. The van der Waals surface area contributed by atoms with Crippen molar-refractivity contribution in [3.8, 4) is 0 Å². The zero-order valence-electron chi connectivity index (χ0n) is 14.6. The molecule has 2 bridgehead atoms. The van der Waals surface area contributed by atoms with Crippen LogP contribution in [0.5, 0.6) is 0 Å². The molecule has 2 unspecified atom stereocenters. The van der Waals surface area contributed by atoms with E-state index in [0.717, 1.165) is 12.1 Å². The Balaban J connectivity index is 2.06. The summed E-state index contributed by atoms with van der Waals surface area (Å²) in [5.41, 5.74) is -4.76. The summed E-state index contributed by atoms with van der Waals surface area (Å²) in [5.74, 6) is -1.42. The van der Waals surface area contributed by atoms with E-state index in [2.05, 4.69) is 10.5 Å². The molecule has 0 aromatic heterocycles. The van der Waals surface area contributed by atoms with E-state index in [0.29, 0.717) is 6.42 Å². The van der Waals surface area contributed by atoms with Crippen molar-refractivity contribution in [1.82, 2.24) is 0 Å². The molecule has 5 nitrogen and oxygen atoms in total. The summed E-state index contributed by atoms with van der Waals surface area (Å²) in [7, 11) is 0. The highest BCUT2D eigenvalue weighted by atomic mass is 19.4. The third-order valence-corrected chi connectivity index (χ3v) is 6.54. The molecule has 140 valence electrons. The van der Waals surface area contributed by atoms with Gasteiger partial charge >= 0.3 is 6.18 Å². The second-order valence-corrected chi connectivity index (χ2v) is 7.64. The average molecular weight is 368 g/mol. The molecule has 1 amide bonds. The van der Waals surface area contributed by atoms with Crippen LogP contribution in [0.3, 0.4) is 0 Å². The first-order valence-electron chi connectivity index (χ1n) is 8.18. The lowest BCUT2D eigenvalue weighted by Gasteiger charge is -2.37. The highest BCUT2D eigenvalue weighted by molar-refractivity contribution is 6.51. The van der Waals surface area contributed by atoms with E-state index >= 15 is 0 Å². The summed E-state index contributed by atoms with van der Waals surface area (Å²) < 4.78 is 39.6. The summed E-state index contributed by atoms with van der Waals surface area (Å²) in [5, 5.41) is 14.7. The second-order valence-electron chi connectivity index (χ2n) is 7.64. The number of carbonyl (C=O) groups is 2. The number of anilines is 1. The van der Waals surface area contributed by atoms with Gasteiger partial charge in [0.2, 0.25) is 5.91 Å². The number of Topliss-reactive ketones (excluding diaryl/α,β-unsaturated/α-hetero) is 1. The van der Waals surface area contributed by atoms with Gasteiger partial charge in [0.05, 0.1) is 11.3 Å². The van der Waals surface area contributed by atoms with Gasteiger partial charge in [-0.25, -0.2) is 0 Å². The number of ketones is 1. The number of rotatable bonds is 2. The van der Waals surface area contributed by atoms with Crippen LogP contribution < -0.4 is 5.32 Å². The maximum atomic E-state index is 13.2. The lowest BCUT2D eigenvalue weighted by Crippen LogP contribution is -2.48. The Kier molecular flexibility index (Phi) is 3.76. The quantitative estimate of drug-likeness (QED) is 0.473. The van der Waals surface area contributed by atoms with Crippen LogP contribution in [-0.2, 0) is 15.8 Å². The number of para-hydroxylation sites is 1. The number of alkyl halides is 3. The number of fused-ring (bicyclic) bond motifs is 2. The maximum absolute atomic E-state index is 13.2. The molecule has 2 aliphatic carbocycles. The highest BCUT2D eigenvalue weighted by Crippen LogP contribution is 2.69. The Bertz CT molecular complexity index is 831. The van der Waals surface area contributed by atoms with Crippen molar-refractivity contribution in [2.75, 3.05) is 5.32 Å². The molecule has 1 aromatic rings. The van der Waals surface area contributed by atoms with Gasteiger partial charge in [0.25, 0.3) is 0 Å². The smallest absolute Gasteiger partial charge is 0.411 e. The molecule has 3 rings (SSSR count). The molecule has 2 saturated carbocycles. The molecule has 26 heavy (non-hydrogen) atoms. The molecule has 0 aliphatic heterocycles. The van der Waals surface area contributed by atoms with Crippen LogP contribution in [0.2, 0.25) is 0 Å². The predicted molar refractivity (Wildman–Crippen MR) is 87.9 cm³/mol. The Morgan fingerprint density at radius 2 is 1.81 bits per heavy atom. The van der Waals surface area contributed by atoms with Gasteiger partial charge in [0, 0.05) is 5.41 Å². The first-order chi connectivity index (χ1) is 11.9. The fourth-order valence-corrected chi connectivity index (χ4v) is 4.52. The largest absolute Gasteiger partial charge is 0.418 e. The lowest BCUT2D eigenvalue weighted by atomic mass is 9.64. The number of nitrogens with one attached hydrogen (secondary N) is 1. The molecule has 8 heteroatoms. The summed E-state index contributed by atoms with van der Waals surface area (Å²) in [6, 6.07) is 4.63. The van der Waals surface area contributed by atoms with Crippen LogP contribution in [0.4, 0.5) is 18.9 Å². The molecule has 2 aliphatic rings. The normalized spacial score (nSPS) is 31.5. The maximum Gasteiger partial charge on any atom is 0.418 e. The Hall–Kier alpha value is -2.38. The van der Waals surface area contributed by atoms with Gasteiger partial charge in [-0.3, -0.25) is 9.59 Å². The summed E-state index contributed by atoms with van der Waals surface area (Å²) in [6.07, 6.45) is -4.02. The molecule has 2 fully saturated rings. The van der Waals surface area contributed by atoms with E-state index in [1.165, 1.54) is 12.1 Å². The number of halogens is 3. The van der Waals surface area contributed by atoms with E-state index in [1.807, 2.05) is 0 Å². The number of hydrogen-bond donors (Lipinski definition) is 2. The molecular formula is C18H19F3N2O3. The minimum Gasteiger partial charge on any atom is -0.411 e. The molecule has 0 radical (unpaired) electrons. The van der Waals surface area contributed by atoms with Crippen molar-refractivity contribution >= 4 is 23.1 Å². The van der Waals surface area contributed by atoms with Crippen molar-refractivity contribution in [1.29, 1.82) is 0 Å². The van der Waals surface area contributed by atoms with Gasteiger partial charge in [0.1, 0.15) is 11.1 Å². The number of nitrogens with zero attached hydrogens (tertiary/aromatic N) is 1. The van der Waals surface area contributed by atoms with E-state index in [9.17, 15) is 28.0 Å². The van der Waals surface area contributed by atoms with Crippen LogP contribution >= 0.6 is 0 Å². The van der Waals surface area contributed by atoms with Gasteiger partial charge in [0.15, 0.2) is 5.78 Å². The molecule has 2 N–H and O–H groups in total. The summed E-state index contributed by atoms with van der Waals surface area (Å²) in [4.78, 5) is 25.9. The molecule has 0 saturated heterocycles. The van der Waals surface area contributed by atoms with E-state index in [4.69, 9.17) is 0 Å². The molecule has 2 atom stereocenters. The van der Waals surface area contributed by atoms with Crippen LogP contribution in [0.25, 0.3) is 0 Å². The Morgan fingerprint density at radius 1 is 1.19 bits per heavy atom. The number of amides is 1. The van der Waals surface area contributed by atoms with Crippen molar-refractivity contribution in [2.24, 2.45) is 21.4 Å². The van der Waals surface area contributed by atoms with Crippen LogP contribution in [0.1, 0.15) is 39.2 Å². The van der Waals surface area contributed by atoms with Gasteiger partial charge in [-0.15, -0.1) is 0 Å². The number of hydrogen-bond acceptors (Lipinski definition) is 4. The van der Waals surface area contributed by atoms with E-state index in [1.54, 1.807) is 20.8 Å². The SMILES string of the molecule is CC12CCC(C(=O)Nc3ccccc3C(F)(F)F)(C(=O)C1=NO)C2(C)C. The van der Waals surface area contributed by atoms with Gasteiger partial charge in [-0.1, -0.05) is 38.1 Å². The monoisotopic (exact) mass is 368 g/mol. The van der Waals surface area contributed by atoms with Crippen molar-refractivity contribution in [2.45, 2.75) is 39.8 Å². The van der Waals surface area contributed by atoms with Crippen molar-refractivity contribution in [3.05, 3.63) is 29.8 Å². The molecule has 0 spiro atoms. The van der Waals surface area contributed by atoms with Gasteiger partial charge < -0.3 is 10.5 Å². The molecular weight excluding hydrogens is 349 g/mol. The molecule has 1 aromatic carbocycles. The zero-order valence-corrected chi connectivity index (χ0v) is 14.6. The van der Waals surface area contributed by atoms with E-state index in [-0.39, 0.29) is 12.1 Å². The number of oxime groups is 1. The van der Waals surface area contributed by atoms with Crippen LogP contribution in [0, 0.1) is 16.2 Å². The summed E-state index contributed by atoms with van der Waals surface area (Å²) in [6.45, 7) is 5.17. The van der Waals surface area contributed by atoms with Gasteiger partial charge in [-0.2, -0.15) is 13.2 Å². The average Bonchev–Trinajstić information content (AvgIpc) is 2.82. The van der Waals surface area contributed by atoms with Crippen LogP contribution in [0.15, 0.2) is 29.4 Å². The number of benzene rings is 1. The fourth-order valence-electron chi connectivity index (χ4n) is 4.52. The Morgan fingerprint density at radius 3 is 2.35 bits per heavy atom. The second kappa shape index (κ2) is 5.31. The third-order valence-electron chi connectivity index (χ3n) is 6.54. The Labute approximate surface area is 148 Å². The summed E-state index contributed by atoms with van der Waals surface area (Å²) >= 11 is 0. The topological polar surface area (TPSA) is 78.8 Å². The first-order valence-corrected chi connectivity index (χ1v) is 8.18. The molecule has 0 heterocycles. The van der Waals surface area contributed by atoms with Crippen molar-refractivity contribution < 1.29 is 28.0 Å². The minimum absolute atomic E-state index is 0.0898. The highest BCUT2D eigenvalue weighted by Gasteiger charge is 2.77. The van der Waals surface area contributed by atoms with Crippen LogP contribution in [-0.4, -0.2) is 22.6 Å². The van der Waals surface area contributed by atoms with Gasteiger partial charge in [-0.05, 0) is 30.4 Å². The minimum atomic E-state index is -4.64. The first kappa shape index (κ1) is 18.4. The predicted octanol–water partition coefficient (Wildman–Crippen LogP) is 3.87. The third kappa shape index (κ3) is 2.01.